The molecule has 152 valence electrons. The molecule has 0 spiro atoms. The van der Waals surface area contributed by atoms with E-state index in [1.165, 1.54) is 12.3 Å². The summed E-state index contributed by atoms with van der Waals surface area (Å²) in [5.41, 5.74) is 9.41. The summed E-state index contributed by atoms with van der Waals surface area (Å²) in [7, 11) is 0. The minimum Gasteiger partial charge on any atom is -0.399 e. The van der Waals surface area contributed by atoms with Gasteiger partial charge in [-0.3, -0.25) is 10.00 Å². The van der Waals surface area contributed by atoms with Crippen LogP contribution < -0.4 is 10.6 Å². The molecule has 1 saturated heterocycles. The van der Waals surface area contributed by atoms with Crippen molar-refractivity contribution in [2.75, 3.05) is 36.8 Å². The summed E-state index contributed by atoms with van der Waals surface area (Å²) in [6.07, 6.45) is -1.28. The maximum atomic E-state index is 12.7. The lowest BCUT2D eigenvalue weighted by molar-refractivity contribution is -0.141. The summed E-state index contributed by atoms with van der Waals surface area (Å²) < 4.78 is 38.0. The molecule has 3 heterocycles. The number of nitrogens with two attached hydrogens (primary N) is 1. The summed E-state index contributed by atoms with van der Waals surface area (Å²) in [6.45, 7) is 3.79. The average molecular weight is 402 g/mol. The van der Waals surface area contributed by atoms with E-state index in [-0.39, 0.29) is 0 Å². The third-order valence-corrected chi connectivity index (χ3v) is 5.09. The van der Waals surface area contributed by atoms with E-state index in [9.17, 15) is 13.2 Å². The number of aromatic amines is 1. The maximum absolute atomic E-state index is 12.7. The van der Waals surface area contributed by atoms with Crippen molar-refractivity contribution >= 4 is 11.4 Å². The van der Waals surface area contributed by atoms with E-state index in [4.69, 9.17) is 5.73 Å². The predicted octanol–water partition coefficient (Wildman–Crippen LogP) is 3.39. The van der Waals surface area contributed by atoms with Gasteiger partial charge in [0.25, 0.3) is 0 Å². The molecule has 1 aliphatic rings. The predicted molar refractivity (Wildman–Crippen MR) is 105 cm³/mol. The van der Waals surface area contributed by atoms with Crippen LogP contribution in [-0.2, 0) is 12.7 Å². The number of H-pyrrole nitrogens is 1. The molecular formula is C20H21F3N6. The van der Waals surface area contributed by atoms with E-state index in [0.717, 1.165) is 55.6 Å². The molecule has 0 radical (unpaired) electrons. The number of piperazine rings is 1. The zero-order valence-electron chi connectivity index (χ0n) is 15.7. The number of benzene rings is 1. The van der Waals surface area contributed by atoms with Gasteiger partial charge in [-0.05, 0) is 24.3 Å². The Kier molecular flexibility index (Phi) is 5.14. The highest BCUT2D eigenvalue weighted by Gasteiger charge is 2.32. The van der Waals surface area contributed by atoms with Gasteiger partial charge in [0.1, 0.15) is 5.69 Å². The molecule has 29 heavy (non-hydrogen) atoms. The molecule has 1 aromatic carbocycles. The number of alkyl halides is 3. The Morgan fingerprint density at radius 1 is 0.966 bits per heavy atom. The lowest BCUT2D eigenvalue weighted by Gasteiger charge is -2.36. The molecule has 0 bridgehead atoms. The SMILES string of the molecule is Nc1ccc(-c2[nH]ncc2CN2CCN(c3ccc(C(F)(F)F)nc3)CC2)cc1. The van der Waals surface area contributed by atoms with Crippen molar-refractivity contribution in [3.05, 3.63) is 60.0 Å². The average Bonchev–Trinajstić information content (AvgIpc) is 3.17. The Hall–Kier alpha value is -3.07. The van der Waals surface area contributed by atoms with Crippen LogP contribution in [0.15, 0.2) is 48.8 Å². The lowest BCUT2D eigenvalue weighted by atomic mass is 10.1. The first-order valence-electron chi connectivity index (χ1n) is 9.29. The Balaban J connectivity index is 1.37. The maximum Gasteiger partial charge on any atom is 0.433 e. The Morgan fingerprint density at radius 2 is 1.69 bits per heavy atom. The van der Waals surface area contributed by atoms with Gasteiger partial charge in [0.2, 0.25) is 0 Å². The molecule has 9 heteroatoms. The molecule has 0 atom stereocenters. The Bertz CT molecular complexity index is 942. The summed E-state index contributed by atoms with van der Waals surface area (Å²) >= 11 is 0. The standard InChI is InChI=1S/C20H21F3N6/c21-20(22,23)18-6-5-17(12-25-18)29-9-7-28(8-10-29)13-15-11-26-27-19(15)14-1-3-16(24)4-2-14/h1-6,11-12H,7-10,13,24H2,(H,26,27). The monoisotopic (exact) mass is 402 g/mol. The number of hydrogen-bond donors (Lipinski definition) is 2. The number of hydrogen-bond acceptors (Lipinski definition) is 5. The smallest absolute Gasteiger partial charge is 0.399 e. The molecule has 0 unspecified atom stereocenters. The third kappa shape index (κ3) is 4.34. The van der Waals surface area contributed by atoms with Crippen LogP contribution in [0.25, 0.3) is 11.3 Å². The second-order valence-corrected chi connectivity index (χ2v) is 7.05. The molecule has 0 saturated carbocycles. The molecule has 0 aliphatic carbocycles. The van der Waals surface area contributed by atoms with Gasteiger partial charge in [-0.1, -0.05) is 12.1 Å². The van der Waals surface area contributed by atoms with Crippen LogP contribution in [0.4, 0.5) is 24.5 Å². The molecular weight excluding hydrogens is 381 g/mol. The van der Waals surface area contributed by atoms with Crippen molar-refractivity contribution in [3.63, 3.8) is 0 Å². The normalized spacial score (nSPS) is 15.6. The van der Waals surface area contributed by atoms with Crippen LogP contribution in [0, 0.1) is 0 Å². The van der Waals surface area contributed by atoms with Crippen LogP contribution in [0.3, 0.4) is 0 Å². The Labute approximate surface area is 166 Å². The number of nitrogens with one attached hydrogen (secondary N) is 1. The summed E-state index contributed by atoms with van der Waals surface area (Å²) in [5.74, 6) is 0. The van der Waals surface area contributed by atoms with E-state index >= 15 is 0 Å². The molecule has 4 rings (SSSR count). The van der Waals surface area contributed by atoms with Crippen molar-refractivity contribution in [1.82, 2.24) is 20.1 Å². The highest BCUT2D eigenvalue weighted by atomic mass is 19.4. The number of rotatable bonds is 4. The number of aromatic nitrogens is 3. The van der Waals surface area contributed by atoms with Crippen molar-refractivity contribution in [1.29, 1.82) is 0 Å². The number of nitrogens with zero attached hydrogens (tertiary/aromatic N) is 4. The van der Waals surface area contributed by atoms with Gasteiger partial charge in [-0.15, -0.1) is 0 Å². The fraction of sp³-hybridized carbons (Fsp3) is 0.300. The van der Waals surface area contributed by atoms with Crippen LogP contribution in [0.5, 0.6) is 0 Å². The number of anilines is 2. The van der Waals surface area contributed by atoms with Gasteiger partial charge in [0, 0.05) is 49.5 Å². The Morgan fingerprint density at radius 3 is 2.31 bits per heavy atom. The van der Waals surface area contributed by atoms with Gasteiger partial charge < -0.3 is 10.6 Å². The third-order valence-electron chi connectivity index (χ3n) is 5.09. The first kappa shape index (κ1) is 19.3. The molecule has 1 fully saturated rings. The fourth-order valence-corrected chi connectivity index (χ4v) is 3.48. The van der Waals surface area contributed by atoms with E-state index in [1.807, 2.05) is 30.5 Å². The quantitative estimate of drug-likeness (QED) is 0.655. The van der Waals surface area contributed by atoms with Gasteiger partial charge in [-0.2, -0.15) is 18.3 Å². The summed E-state index contributed by atoms with van der Waals surface area (Å²) in [5, 5.41) is 7.24. The second kappa shape index (κ2) is 7.75. The summed E-state index contributed by atoms with van der Waals surface area (Å²) in [6, 6.07) is 10.2. The first-order valence-corrected chi connectivity index (χ1v) is 9.29. The zero-order chi connectivity index (χ0) is 20.4. The lowest BCUT2D eigenvalue weighted by Crippen LogP contribution is -2.46. The molecule has 6 nitrogen and oxygen atoms in total. The first-order chi connectivity index (χ1) is 13.9. The van der Waals surface area contributed by atoms with Gasteiger partial charge in [-0.25, -0.2) is 4.98 Å². The van der Waals surface area contributed by atoms with E-state index < -0.39 is 11.9 Å². The van der Waals surface area contributed by atoms with E-state index in [2.05, 4.69) is 25.0 Å². The minimum atomic E-state index is -4.41. The van der Waals surface area contributed by atoms with Crippen LogP contribution in [0.2, 0.25) is 0 Å². The highest BCUT2D eigenvalue weighted by Crippen LogP contribution is 2.29. The van der Waals surface area contributed by atoms with Crippen molar-refractivity contribution in [2.24, 2.45) is 0 Å². The topological polar surface area (TPSA) is 74.1 Å². The van der Waals surface area contributed by atoms with Crippen LogP contribution in [0.1, 0.15) is 11.3 Å². The van der Waals surface area contributed by atoms with Crippen molar-refractivity contribution < 1.29 is 13.2 Å². The highest BCUT2D eigenvalue weighted by molar-refractivity contribution is 5.64. The number of halogens is 3. The van der Waals surface area contributed by atoms with Crippen LogP contribution >= 0.6 is 0 Å². The zero-order valence-corrected chi connectivity index (χ0v) is 15.7. The van der Waals surface area contributed by atoms with Gasteiger partial charge in [0.05, 0.1) is 23.8 Å². The largest absolute Gasteiger partial charge is 0.433 e. The van der Waals surface area contributed by atoms with E-state index in [0.29, 0.717) is 11.4 Å². The number of nitrogen functional groups attached to an aromatic ring is 1. The molecule has 1 aliphatic heterocycles. The molecule has 3 aromatic rings. The molecule has 3 N–H and O–H groups in total. The fourth-order valence-electron chi connectivity index (χ4n) is 3.48. The summed E-state index contributed by atoms with van der Waals surface area (Å²) in [4.78, 5) is 7.92. The van der Waals surface area contributed by atoms with Crippen LogP contribution in [-0.4, -0.2) is 46.3 Å². The molecule has 2 aromatic heterocycles. The second-order valence-electron chi connectivity index (χ2n) is 7.05. The van der Waals surface area contributed by atoms with Gasteiger partial charge >= 0.3 is 6.18 Å². The van der Waals surface area contributed by atoms with Gasteiger partial charge in [0.15, 0.2) is 0 Å². The minimum absolute atomic E-state index is 0.712. The number of pyridine rings is 1. The van der Waals surface area contributed by atoms with Crippen molar-refractivity contribution in [2.45, 2.75) is 12.7 Å². The molecule has 0 amide bonds. The van der Waals surface area contributed by atoms with E-state index in [1.54, 1.807) is 0 Å². The van der Waals surface area contributed by atoms with Crippen molar-refractivity contribution in [3.8, 4) is 11.3 Å².